The molecule has 4 aromatic rings. The number of aryl methyl sites for hydroxylation is 2. The number of nitrogens with zero attached hydrogens (tertiary/aromatic N) is 3. The zero-order valence-electron chi connectivity index (χ0n) is 28.9. The first kappa shape index (κ1) is 35.6. The topological polar surface area (TPSA) is 102 Å². The summed E-state index contributed by atoms with van der Waals surface area (Å²) in [6.07, 6.45) is 1.73. The number of ether oxygens (including phenoxy) is 1. The average Bonchev–Trinajstić information content (AvgIpc) is 3.39. The van der Waals surface area contributed by atoms with E-state index in [0.29, 0.717) is 41.5 Å². The van der Waals surface area contributed by atoms with Crippen molar-refractivity contribution in [2.45, 2.75) is 105 Å². The van der Waals surface area contributed by atoms with Gasteiger partial charge in [-0.15, -0.1) is 5.10 Å². The summed E-state index contributed by atoms with van der Waals surface area (Å²) in [6, 6.07) is 18.7. The SMILES string of the molecule is CCC(Oc1ccc(C(C)(C)CC)cc1C(C)CC)C(=O)Nc1ccc(Cl)c(NC(=O)NN=c2n(CC)c3ccccc3n2CC)c1. The van der Waals surface area contributed by atoms with Gasteiger partial charge in [-0.05, 0) is 92.0 Å². The van der Waals surface area contributed by atoms with Crippen molar-refractivity contribution in [1.82, 2.24) is 14.6 Å². The van der Waals surface area contributed by atoms with Crippen LogP contribution in [-0.2, 0) is 23.3 Å². The highest BCUT2D eigenvalue weighted by atomic mass is 35.5. The summed E-state index contributed by atoms with van der Waals surface area (Å²) in [4.78, 5) is 26.4. The molecule has 0 fully saturated rings. The second-order valence-electron chi connectivity index (χ2n) is 12.5. The molecule has 1 aromatic heterocycles. The molecule has 0 saturated heterocycles. The molecule has 3 amide bonds. The highest BCUT2D eigenvalue weighted by Crippen LogP contribution is 2.36. The van der Waals surface area contributed by atoms with Crippen LogP contribution in [0.4, 0.5) is 16.2 Å². The number of rotatable bonds is 13. The smallest absolute Gasteiger partial charge is 0.339 e. The number of para-hydroxylation sites is 2. The summed E-state index contributed by atoms with van der Waals surface area (Å²) in [5, 5.41) is 10.5. The largest absolute Gasteiger partial charge is 0.480 e. The van der Waals surface area contributed by atoms with Gasteiger partial charge in [0.05, 0.1) is 21.7 Å². The van der Waals surface area contributed by atoms with E-state index in [4.69, 9.17) is 16.3 Å². The van der Waals surface area contributed by atoms with Crippen molar-refractivity contribution in [1.29, 1.82) is 0 Å². The Labute approximate surface area is 283 Å². The second-order valence-corrected chi connectivity index (χ2v) is 12.9. The molecule has 0 aliphatic rings. The lowest BCUT2D eigenvalue weighted by molar-refractivity contribution is -0.122. The predicted molar refractivity (Wildman–Crippen MR) is 192 cm³/mol. The number of anilines is 2. The molecular weight excluding hydrogens is 612 g/mol. The number of amides is 3. The Morgan fingerprint density at radius 3 is 2.13 bits per heavy atom. The third-order valence-electron chi connectivity index (χ3n) is 9.07. The molecule has 0 bridgehead atoms. The van der Waals surface area contributed by atoms with Gasteiger partial charge in [0, 0.05) is 18.8 Å². The monoisotopic (exact) mass is 660 g/mol. The standard InChI is InChI=1S/C37H49ClN6O3/c1-9-24(6)27-22-25(37(7,8)11-3)18-21-33(27)47-32(10-2)34(45)39-26-19-20-28(38)29(23-26)40-35(46)41-42-36-43(12-4)30-16-14-15-17-31(30)44(36)13-5/h14-24,32H,9-13H2,1-8H3,(H,39,45)(H2,40,41,46). The van der Waals surface area contributed by atoms with Crippen molar-refractivity contribution < 1.29 is 14.3 Å². The third kappa shape index (κ3) is 8.01. The highest BCUT2D eigenvalue weighted by Gasteiger charge is 2.25. The average molecular weight is 661 g/mol. The van der Waals surface area contributed by atoms with E-state index in [0.717, 1.165) is 35.2 Å². The number of hydrogen-bond donors (Lipinski definition) is 3. The molecule has 47 heavy (non-hydrogen) atoms. The van der Waals surface area contributed by atoms with E-state index >= 15 is 0 Å². The second kappa shape index (κ2) is 15.6. The summed E-state index contributed by atoms with van der Waals surface area (Å²) < 4.78 is 10.5. The van der Waals surface area contributed by atoms with E-state index in [2.05, 4.69) is 67.9 Å². The lowest BCUT2D eigenvalue weighted by Crippen LogP contribution is -2.33. The van der Waals surface area contributed by atoms with Crippen LogP contribution in [0.15, 0.2) is 65.8 Å². The summed E-state index contributed by atoms with van der Waals surface area (Å²) >= 11 is 6.44. The molecule has 0 aliphatic heterocycles. The number of hydrogen-bond acceptors (Lipinski definition) is 4. The number of aromatic nitrogens is 2. The summed E-state index contributed by atoms with van der Waals surface area (Å²) in [6.45, 7) is 18.4. The molecule has 4 rings (SSSR count). The normalized spacial score (nSPS) is 12.8. The first-order valence-corrected chi connectivity index (χ1v) is 17.1. The van der Waals surface area contributed by atoms with Crippen LogP contribution in [0.2, 0.25) is 5.02 Å². The molecule has 252 valence electrons. The maximum atomic E-state index is 13.5. The Morgan fingerprint density at radius 1 is 0.894 bits per heavy atom. The Kier molecular flexibility index (Phi) is 11.8. The predicted octanol–water partition coefficient (Wildman–Crippen LogP) is 8.77. The number of carbonyl (C=O) groups is 2. The quantitative estimate of drug-likeness (QED) is 0.125. The van der Waals surface area contributed by atoms with E-state index in [1.807, 2.05) is 60.2 Å². The van der Waals surface area contributed by atoms with Crippen LogP contribution in [-0.4, -0.2) is 27.2 Å². The van der Waals surface area contributed by atoms with Gasteiger partial charge in [0.25, 0.3) is 5.91 Å². The fourth-order valence-electron chi connectivity index (χ4n) is 5.56. The minimum Gasteiger partial charge on any atom is -0.480 e. The molecule has 0 saturated carbocycles. The number of halogens is 1. The van der Waals surface area contributed by atoms with E-state index < -0.39 is 12.1 Å². The number of fused-ring (bicyclic) bond motifs is 1. The molecule has 2 atom stereocenters. The molecule has 10 heteroatoms. The fraction of sp³-hybridized carbons (Fsp3) is 0.432. The molecule has 3 N–H and O–H groups in total. The van der Waals surface area contributed by atoms with Crippen LogP contribution in [0, 0.1) is 0 Å². The number of carbonyl (C=O) groups excluding carboxylic acids is 2. The number of benzene rings is 3. The highest BCUT2D eigenvalue weighted by molar-refractivity contribution is 6.33. The van der Waals surface area contributed by atoms with E-state index in [9.17, 15) is 9.59 Å². The van der Waals surface area contributed by atoms with Crippen molar-refractivity contribution in [3.8, 4) is 5.75 Å². The first-order valence-electron chi connectivity index (χ1n) is 16.7. The molecule has 9 nitrogen and oxygen atoms in total. The van der Waals surface area contributed by atoms with Gasteiger partial charge in [0.2, 0.25) is 5.62 Å². The lowest BCUT2D eigenvalue weighted by Gasteiger charge is -2.27. The summed E-state index contributed by atoms with van der Waals surface area (Å²) in [7, 11) is 0. The van der Waals surface area contributed by atoms with Gasteiger partial charge in [0.1, 0.15) is 5.75 Å². The van der Waals surface area contributed by atoms with Crippen LogP contribution >= 0.6 is 11.6 Å². The molecule has 0 aliphatic carbocycles. The van der Waals surface area contributed by atoms with Crippen LogP contribution < -0.4 is 26.4 Å². The minimum atomic E-state index is -0.715. The van der Waals surface area contributed by atoms with Crippen molar-refractivity contribution in [2.75, 3.05) is 10.6 Å². The first-order chi connectivity index (χ1) is 22.5. The zero-order valence-corrected chi connectivity index (χ0v) is 29.7. The van der Waals surface area contributed by atoms with Gasteiger partial charge in [-0.1, -0.05) is 77.4 Å². The van der Waals surface area contributed by atoms with Crippen LogP contribution in [0.5, 0.6) is 5.75 Å². The van der Waals surface area contributed by atoms with E-state index in [1.54, 1.807) is 18.2 Å². The van der Waals surface area contributed by atoms with Crippen molar-refractivity contribution >= 4 is 45.9 Å². The van der Waals surface area contributed by atoms with Gasteiger partial charge in [-0.2, -0.15) is 0 Å². The van der Waals surface area contributed by atoms with Crippen LogP contribution in [0.1, 0.15) is 91.7 Å². The Bertz CT molecular complexity index is 1750. The number of urea groups is 1. The minimum absolute atomic E-state index is 0.0422. The van der Waals surface area contributed by atoms with Gasteiger partial charge >= 0.3 is 6.03 Å². The molecule has 3 aromatic carbocycles. The Hall–Kier alpha value is -4.24. The van der Waals surface area contributed by atoms with Crippen molar-refractivity contribution in [2.24, 2.45) is 5.10 Å². The maximum Gasteiger partial charge on any atom is 0.339 e. The van der Waals surface area contributed by atoms with Crippen molar-refractivity contribution in [3.63, 3.8) is 0 Å². The van der Waals surface area contributed by atoms with Crippen LogP contribution in [0.25, 0.3) is 11.0 Å². The zero-order chi connectivity index (χ0) is 34.3. The van der Waals surface area contributed by atoms with E-state index in [1.165, 1.54) is 5.56 Å². The Morgan fingerprint density at radius 2 is 1.55 bits per heavy atom. The molecule has 0 radical (unpaired) electrons. The van der Waals surface area contributed by atoms with Gasteiger partial charge in [-0.25, -0.2) is 10.2 Å². The Balaban J connectivity index is 1.50. The van der Waals surface area contributed by atoms with Gasteiger partial charge < -0.3 is 24.5 Å². The summed E-state index contributed by atoms with van der Waals surface area (Å²) in [5.74, 6) is 0.714. The lowest BCUT2D eigenvalue weighted by atomic mass is 9.80. The van der Waals surface area contributed by atoms with Crippen LogP contribution in [0.3, 0.4) is 0 Å². The van der Waals surface area contributed by atoms with E-state index in [-0.39, 0.29) is 17.2 Å². The molecule has 0 spiro atoms. The summed E-state index contributed by atoms with van der Waals surface area (Å²) in [5.41, 5.74) is 8.52. The maximum absolute atomic E-state index is 13.5. The third-order valence-corrected chi connectivity index (χ3v) is 9.40. The van der Waals surface area contributed by atoms with Gasteiger partial charge in [-0.3, -0.25) is 4.79 Å². The van der Waals surface area contributed by atoms with Crippen molar-refractivity contribution in [3.05, 3.63) is 82.4 Å². The number of imidazole rings is 1. The fourth-order valence-corrected chi connectivity index (χ4v) is 5.72. The van der Waals surface area contributed by atoms with Gasteiger partial charge in [0.15, 0.2) is 6.10 Å². The molecule has 1 heterocycles. The molecular formula is C37H49ClN6O3. The molecule has 2 unspecified atom stereocenters. The number of nitrogens with one attached hydrogen (secondary N) is 3.